The lowest BCUT2D eigenvalue weighted by atomic mass is 9.86. The Labute approximate surface area is 117 Å². The van der Waals surface area contributed by atoms with E-state index in [1.807, 2.05) is 0 Å². The van der Waals surface area contributed by atoms with E-state index in [4.69, 9.17) is 5.11 Å². The van der Waals surface area contributed by atoms with Gasteiger partial charge in [-0.15, -0.1) is 0 Å². The van der Waals surface area contributed by atoms with E-state index in [1.54, 1.807) is 39.1 Å². The van der Waals surface area contributed by atoms with Crippen LogP contribution in [0.4, 0.5) is 0 Å². The van der Waals surface area contributed by atoms with Crippen LogP contribution in [0.15, 0.2) is 29.2 Å². The molecule has 1 heterocycles. The normalized spacial score (nSPS) is 12.8. The molecule has 1 amide bonds. The lowest BCUT2D eigenvalue weighted by molar-refractivity contribution is -0.145. The van der Waals surface area contributed by atoms with Gasteiger partial charge in [-0.3, -0.25) is 9.59 Å². The Morgan fingerprint density at radius 3 is 2.50 bits per heavy atom. The van der Waals surface area contributed by atoms with Gasteiger partial charge < -0.3 is 15.0 Å². The van der Waals surface area contributed by atoms with Crippen molar-refractivity contribution in [2.45, 2.75) is 39.8 Å². The van der Waals surface area contributed by atoms with Crippen LogP contribution in [-0.2, 0) is 16.1 Å². The van der Waals surface area contributed by atoms with Crippen LogP contribution < -0.4 is 10.9 Å². The summed E-state index contributed by atoms with van der Waals surface area (Å²) in [6.45, 7) is 5.46. The van der Waals surface area contributed by atoms with E-state index in [9.17, 15) is 14.4 Å². The molecule has 20 heavy (non-hydrogen) atoms. The number of carboxylic acid groups (broad SMARTS) is 1. The summed E-state index contributed by atoms with van der Waals surface area (Å²) in [5, 5.41) is 11.6. The number of aliphatic carboxylic acids is 1. The largest absolute Gasteiger partial charge is 0.480 e. The Bertz CT molecular complexity index is 543. The van der Waals surface area contributed by atoms with Gasteiger partial charge in [0.05, 0.1) is 0 Å². The Balaban J connectivity index is 2.62. The molecular weight excluding hydrogens is 260 g/mol. The predicted octanol–water partition coefficient (Wildman–Crippen LogP) is 0.854. The third-order valence-electron chi connectivity index (χ3n) is 2.90. The zero-order valence-electron chi connectivity index (χ0n) is 11.9. The molecule has 6 heteroatoms. The molecule has 0 aliphatic carbocycles. The van der Waals surface area contributed by atoms with Gasteiger partial charge in [0.15, 0.2) is 0 Å². The summed E-state index contributed by atoms with van der Waals surface area (Å²) in [6.07, 6.45) is 1.65. The molecule has 0 aromatic carbocycles. The van der Waals surface area contributed by atoms with E-state index in [-0.39, 0.29) is 24.4 Å². The Hall–Kier alpha value is -2.11. The maximum absolute atomic E-state index is 11.8. The fourth-order valence-corrected chi connectivity index (χ4v) is 1.75. The Kier molecular flexibility index (Phi) is 5.07. The molecule has 1 aromatic rings. The summed E-state index contributed by atoms with van der Waals surface area (Å²) in [4.78, 5) is 34.4. The molecule has 1 aromatic heterocycles. The van der Waals surface area contributed by atoms with Crippen molar-refractivity contribution in [2.24, 2.45) is 5.41 Å². The van der Waals surface area contributed by atoms with E-state index in [0.29, 0.717) is 0 Å². The summed E-state index contributed by atoms with van der Waals surface area (Å²) < 4.78 is 1.41. The van der Waals surface area contributed by atoms with Crippen molar-refractivity contribution >= 4 is 11.9 Å². The highest BCUT2D eigenvalue weighted by atomic mass is 16.4. The van der Waals surface area contributed by atoms with E-state index in [2.05, 4.69) is 5.32 Å². The SMILES string of the molecule is CC(C)(C)C(NC(=O)CCn1ccccc1=O)C(=O)O. The average Bonchev–Trinajstić information content (AvgIpc) is 2.33. The van der Waals surface area contributed by atoms with Crippen molar-refractivity contribution in [3.8, 4) is 0 Å². The summed E-state index contributed by atoms with van der Waals surface area (Å²) in [7, 11) is 0. The molecule has 0 radical (unpaired) electrons. The van der Waals surface area contributed by atoms with Crippen LogP contribution in [0.1, 0.15) is 27.2 Å². The molecule has 0 aliphatic heterocycles. The van der Waals surface area contributed by atoms with E-state index in [0.717, 1.165) is 0 Å². The monoisotopic (exact) mass is 280 g/mol. The third-order valence-corrected chi connectivity index (χ3v) is 2.90. The molecular formula is C14H20N2O4. The standard InChI is InChI=1S/C14H20N2O4/c1-14(2,3)12(13(19)20)15-10(17)7-9-16-8-5-4-6-11(16)18/h4-6,8,12H,7,9H2,1-3H3,(H,15,17)(H,19,20). The zero-order chi connectivity index (χ0) is 15.3. The van der Waals surface area contributed by atoms with Crippen molar-refractivity contribution in [3.63, 3.8) is 0 Å². The highest BCUT2D eigenvalue weighted by Crippen LogP contribution is 2.19. The number of carbonyl (C=O) groups excluding carboxylic acids is 1. The first-order valence-electron chi connectivity index (χ1n) is 6.39. The van der Waals surface area contributed by atoms with Crippen molar-refractivity contribution in [1.29, 1.82) is 0 Å². The van der Waals surface area contributed by atoms with Crippen LogP contribution in [0.2, 0.25) is 0 Å². The number of amides is 1. The number of hydrogen-bond acceptors (Lipinski definition) is 3. The molecule has 6 nitrogen and oxygen atoms in total. The van der Waals surface area contributed by atoms with Crippen molar-refractivity contribution in [2.75, 3.05) is 0 Å². The molecule has 0 saturated carbocycles. The average molecular weight is 280 g/mol. The number of rotatable bonds is 5. The molecule has 2 N–H and O–H groups in total. The zero-order valence-corrected chi connectivity index (χ0v) is 11.9. The van der Waals surface area contributed by atoms with E-state index in [1.165, 1.54) is 10.6 Å². The quantitative estimate of drug-likeness (QED) is 0.837. The maximum atomic E-state index is 11.8. The molecule has 1 atom stereocenters. The fourth-order valence-electron chi connectivity index (χ4n) is 1.75. The number of aromatic nitrogens is 1. The van der Waals surface area contributed by atoms with Crippen LogP contribution in [0.3, 0.4) is 0 Å². The Morgan fingerprint density at radius 1 is 1.35 bits per heavy atom. The van der Waals surface area contributed by atoms with Crippen LogP contribution in [0, 0.1) is 5.41 Å². The summed E-state index contributed by atoms with van der Waals surface area (Å²) in [5.74, 6) is -1.45. The lowest BCUT2D eigenvalue weighted by Crippen LogP contribution is -2.49. The van der Waals surface area contributed by atoms with E-state index < -0.39 is 17.4 Å². The van der Waals surface area contributed by atoms with Crippen LogP contribution >= 0.6 is 0 Å². The smallest absolute Gasteiger partial charge is 0.326 e. The lowest BCUT2D eigenvalue weighted by Gasteiger charge is -2.27. The fraction of sp³-hybridized carbons (Fsp3) is 0.500. The molecule has 1 rings (SSSR count). The first kappa shape index (κ1) is 15.9. The first-order chi connectivity index (χ1) is 9.21. The van der Waals surface area contributed by atoms with Gasteiger partial charge in [-0.2, -0.15) is 0 Å². The topological polar surface area (TPSA) is 88.4 Å². The Morgan fingerprint density at radius 2 is 2.00 bits per heavy atom. The molecule has 0 bridgehead atoms. The summed E-state index contributed by atoms with van der Waals surface area (Å²) in [5.41, 5.74) is -0.767. The molecule has 0 aliphatic rings. The van der Waals surface area contributed by atoms with Crippen LogP contribution in [-0.4, -0.2) is 27.6 Å². The maximum Gasteiger partial charge on any atom is 0.326 e. The van der Waals surface area contributed by atoms with Gasteiger partial charge in [0.2, 0.25) is 5.91 Å². The van der Waals surface area contributed by atoms with Crippen molar-refractivity contribution < 1.29 is 14.7 Å². The van der Waals surface area contributed by atoms with Gasteiger partial charge in [-0.05, 0) is 11.5 Å². The second-order valence-corrected chi connectivity index (χ2v) is 5.69. The summed E-state index contributed by atoms with van der Waals surface area (Å²) in [6, 6.07) is 3.78. The minimum absolute atomic E-state index is 0.0593. The number of carboxylic acids is 1. The van der Waals surface area contributed by atoms with Crippen molar-refractivity contribution in [1.82, 2.24) is 9.88 Å². The highest BCUT2D eigenvalue weighted by molar-refractivity contribution is 5.84. The van der Waals surface area contributed by atoms with Gasteiger partial charge in [0.25, 0.3) is 5.56 Å². The number of carbonyl (C=O) groups is 2. The molecule has 0 fully saturated rings. The first-order valence-corrected chi connectivity index (χ1v) is 6.39. The number of nitrogens with one attached hydrogen (secondary N) is 1. The van der Waals surface area contributed by atoms with Gasteiger partial charge in [-0.1, -0.05) is 26.8 Å². The van der Waals surface area contributed by atoms with Gasteiger partial charge in [0.1, 0.15) is 6.04 Å². The second-order valence-electron chi connectivity index (χ2n) is 5.69. The van der Waals surface area contributed by atoms with Crippen molar-refractivity contribution in [3.05, 3.63) is 34.7 Å². The molecule has 1 unspecified atom stereocenters. The molecule has 0 spiro atoms. The van der Waals surface area contributed by atoms with Crippen LogP contribution in [0.5, 0.6) is 0 Å². The molecule has 110 valence electrons. The number of nitrogens with zero attached hydrogens (tertiary/aromatic N) is 1. The van der Waals surface area contributed by atoms with Gasteiger partial charge >= 0.3 is 5.97 Å². The number of aryl methyl sites for hydroxylation is 1. The predicted molar refractivity (Wildman–Crippen MR) is 74.3 cm³/mol. The van der Waals surface area contributed by atoms with E-state index >= 15 is 0 Å². The minimum Gasteiger partial charge on any atom is -0.480 e. The van der Waals surface area contributed by atoms with Gasteiger partial charge in [0, 0.05) is 25.2 Å². The minimum atomic E-state index is -1.07. The summed E-state index contributed by atoms with van der Waals surface area (Å²) >= 11 is 0. The third kappa shape index (κ3) is 4.53. The van der Waals surface area contributed by atoms with Gasteiger partial charge in [-0.25, -0.2) is 4.79 Å². The number of pyridine rings is 1. The highest BCUT2D eigenvalue weighted by Gasteiger charge is 2.32. The molecule has 0 saturated heterocycles. The number of hydrogen-bond donors (Lipinski definition) is 2. The van der Waals surface area contributed by atoms with Crippen LogP contribution in [0.25, 0.3) is 0 Å². The second kappa shape index (κ2) is 6.36.